The Bertz CT molecular complexity index is 288. The third-order valence-electron chi connectivity index (χ3n) is 4.19. The van der Waals surface area contributed by atoms with Crippen molar-refractivity contribution in [1.29, 1.82) is 0 Å². The highest BCUT2D eigenvalue weighted by Gasteiger charge is 2.35. The zero-order valence-electron chi connectivity index (χ0n) is 12.9. The van der Waals surface area contributed by atoms with Crippen molar-refractivity contribution < 1.29 is 9.53 Å². The number of hydrogen-bond donors (Lipinski definition) is 2. The van der Waals surface area contributed by atoms with Crippen molar-refractivity contribution in [2.24, 2.45) is 11.7 Å². The summed E-state index contributed by atoms with van der Waals surface area (Å²) < 4.78 is 5.92. The molecule has 3 N–H and O–H groups in total. The van der Waals surface area contributed by atoms with E-state index in [9.17, 15) is 4.79 Å². The van der Waals surface area contributed by atoms with Crippen molar-refractivity contribution in [3.8, 4) is 0 Å². The van der Waals surface area contributed by atoms with Crippen LogP contribution in [0.1, 0.15) is 59.8 Å². The van der Waals surface area contributed by atoms with Gasteiger partial charge in [-0.25, -0.2) is 0 Å². The predicted octanol–water partition coefficient (Wildman–Crippen LogP) is 2.21. The summed E-state index contributed by atoms with van der Waals surface area (Å²) in [4.78, 5) is 12.1. The van der Waals surface area contributed by atoms with E-state index in [0.29, 0.717) is 5.92 Å². The minimum Gasteiger partial charge on any atom is -0.375 e. The van der Waals surface area contributed by atoms with E-state index in [2.05, 4.69) is 33.0 Å². The summed E-state index contributed by atoms with van der Waals surface area (Å²) in [5, 5.41) is 3.10. The first-order chi connectivity index (χ1) is 8.92. The van der Waals surface area contributed by atoms with Gasteiger partial charge in [0.2, 0.25) is 5.91 Å². The maximum Gasteiger partial charge on any atom is 0.237 e. The van der Waals surface area contributed by atoms with Crippen LogP contribution in [0.3, 0.4) is 0 Å². The van der Waals surface area contributed by atoms with Gasteiger partial charge in [-0.2, -0.15) is 0 Å². The van der Waals surface area contributed by atoms with Gasteiger partial charge in [0.25, 0.3) is 0 Å². The Morgan fingerprint density at radius 3 is 2.58 bits per heavy atom. The maximum absolute atomic E-state index is 12.1. The second kappa shape index (κ2) is 7.25. The third kappa shape index (κ3) is 4.77. The quantitative estimate of drug-likeness (QED) is 0.778. The van der Waals surface area contributed by atoms with Gasteiger partial charge in [-0.05, 0) is 38.0 Å². The van der Waals surface area contributed by atoms with Crippen LogP contribution in [-0.2, 0) is 9.53 Å². The SMILES string of the molecule is CCC1(CC)CC(NC(=O)[C@H](N)CC(C)C)CCO1. The summed E-state index contributed by atoms with van der Waals surface area (Å²) in [6.07, 6.45) is 4.52. The molecule has 0 aromatic heterocycles. The van der Waals surface area contributed by atoms with E-state index in [1.807, 2.05) is 0 Å². The van der Waals surface area contributed by atoms with Crippen LogP contribution in [0.2, 0.25) is 0 Å². The maximum atomic E-state index is 12.1. The van der Waals surface area contributed by atoms with Crippen LogP contribution < -0.4 is 11.1 Å². The molecule has 0 radical (unpaired) electrons. The fourth-order valence-corrected chi connectivity index (χ4v) is 2.82. The number of nitrogens with two attached hydrogens (primary N) is 1. The smallest absolute Gasteiger partial charge is 0.237 e. The van der Waals surface area contributed by atoms with Crippen LogP contribution in [0.15, 0.2) is 0 Å². The van der Waals surface area contributed by atoms with Gasteiger partial charge in [-0.3, -0.25) is 4.79 Å². The Kier molecular flexibility index (Phi) is 6.27. The minimum atomic E-state index is -0.388. The van der Waals surface area contributed by atoms with Crippen molar-refractivity contribution >= 4 is 5.91 Å². The van der Waals surface area contributed by atoms with Gasteiger partial charge >= 0.3 is 0 Å². The molecule has 1 aliphatic heterocycles. The van der Waals surface area contributed by atoms with E-state index in [-0.39, 0.29) is 23.6 Å². The van der Waals surface area contributed by atoms with Crippen molar-refractivity contribution in [2.45, 2.75) is 77.5 Å². The normalized spacial score (nSPS) is 24.2. The Balaban J connectivity index is 2.50. The Morgan fingerprint density at radius 2 is 2.05 bits per heavy atom. The van der Waals surface area contributed by atoms with Crippen LogP contribution >= 0.6 is 0 Å². The lowest BCUT2D eigenvalue weighted by Gasteiger charge is -2.40. The highest BCUT2D eigenvalue weighted by atomic mass is 16.5. The minimum absolute atomic E-state index is 0.0123. The molecule has 19 heavy (non-hydrogen) atoms. The number of carbonyl (C=O) groups is 1. The van der Waals surface area contributed by atoms with Gasteiger partial charge in [0.05, 0.1) is 11.6 Å². The summed E-state index contributed by atoms with van der Waals surface area (Å²) in [5.41, 5.74) is 5.87. The number of carbonyl (C=O) groups excluding carboxylic acids is 1. The fourth-order valence-electron chi connectivity index (χ4n) is 2.82. The first kappa shape index (κ1) is 16.4. The standard InChI is InChI=1S/C15H30N2O2/c1-5-15(6-2)10-12(7-8-19-15)17-14(18)13(16)9-11(3)4/h11-13H,5-10,16H2,1-4H3,(H,17,18)/t12?,13-/m1/s1. The monoisotopic (exact) mass is 270 g/mol. The zero-order valence-corrected chi connectivity index (χ0v) is 12.9. The van der Waals surface area contributed by atoms with Gasteiger partial charge in [-0.15, -0.1) is 0 Å². The molecule has 1 unspecified atom stereocenters. The number of amides is 1. The van der Waals surface area contributed by atoms with Crippen molar-refractivity contribution in [2.75, 3.05) is 6.61 Å². The first-order valence-electron chi connectivity index (χ1n) is 7.62. The summed E-state index contributed by atoms with van der Waals surface area (Å²) in [6, 6.07) is -0.181. The molecule has 0 aromatic carbocycles. The van der Waals surface area contributed by atoms with Crippen LogP contribution in [0.4, 0.5) is 0 Å². The van der Waals surface area contributed by atoms with Crippen molar-refractivity contribution in [3.05, 3.63) is 0 Å². The molecule has 112 valence electrons. The highest BCUT2D eigenvalue weighted by molar-refractivity contribution is 5.81. The Labute approximate surface area is 117 Å². The summed E-state index contributed by atoms with van der Waals surface area (Å²) in [5.74, 6) is 0.433. The molecule has 1 heterocycles. The number of rotatable bonds is 6. The average Bonchev–Trinajstić information content (AvgIpc) is 2.38. The van der Waals surface area contributed by atoms with Gasteiger partial charge in [-0.1, -0.05) is 27.7 Å². The molecule has 0 saturated carbocycles. The largest absolute Gasteiger partial charge is 0.375 e. The molecule has 0 aliphatic carbocycles. The Hall–Kier alpha value is -0.610. The Morgan fingerprint density at radius 1 is 1.42 bits per heavy atom. The summed E-state index contributed by atoms with van der Waals surface area (Å²) >= 11 is 0. The van der Waals surface area contributed by atoms with E-state index in [4.69, 9.17) is 10.5 Å². The molecule has 1 fully saturated rings. The van der Waals surface area contributed by atoms with Gasteiger partial charge in [0, 0.05) is 12.6 Å². The zero-order chi connectivity index (χ0) is 14.5. The molecule has 2 atom stereocenters. The second-order valence-corrected chi connectivity index (χ2v) is 6.17. The van der Waals surface area contributed by atoms with E-state index in [1.165, 1.54) is 0 Å². The topological polar surface area (TPSA) is 64.4 Å². The lowest BCUT2D eigenvalue weighted by molar-refractivity contribution is -0.127. The third-order valence-corrected chi connectivity index (χ3v) is 4.19. The molecule has 0 aromatic rings. The highest BCUT2D eigenvalue weighted by Crippen LogP contribution is 2.31. The van der Waals surface area contributed by atoms with Crippen LogP contribution in [0.25, 0.3) is 0 Å². The number of nitrogens with one attached hydrogen (secondary N) is 1. The van der Waals surface area contributed by atoms with E-state index in [1.54, 1.807) is 0 Å². The molecule has 0 spiro atoms. The van der Waals surface area contributed by atoms with Crippen LogP contribution in [-0.4, -0.2) is 30.2 Å². The predicted molar refractivity (Wildman–Crippen MR) is 77.9 cm³/mol. The first-order valence-corrected chi connectivity index (χ1v) is 7.62. The molecular formula is C15H30N2O2. The van der Waals surface area contributed by atoms with Gasteiger partial charge in [0.15, 0.2) is 0 Å². The summed E-state index contributed by atoms with van der Waals surface area (Å²) in [6.45, 7) is 9.20. The number of ether oxygens (including phenoxy) is 1. The lowest BCUT2D eigenvalue weighted by atomic mass is 9.85. The lowest BCUT2D eigenvalue weighted by Crippen LogP contribution is -2.52. The van der Waals surface area contributed by atoms with Crippen LogP contribution in [0, 0.1) is 5.92 Å². The molecule has 1 rings (SSSR count). The summed E-state index contributed by atoms with van der Waals surface area (Å²) in [7, 11) is 0. The van der Waals surface area contributed by atoms with E-state index in [0.717, 1.165) is 38.7 Å². The van der Waals surface area contributed by atoms with Crippen molar-refractivity contribution in [3.63, 3.8) is 0 Å². The molecule has 1 saturated heterocycles. The van der Waals surface area contributed by atoms with E-state index >= 15 is 0 Å². The van der Waals surface area contributed by atoms with Crippen LogP contribution in [0.5, 0.6) is 0 Å². The molecular weight excluding hydrogens is 240 g/mol. The number of hydrogen-bond acceptors (Lipinski definition) is 3. The van der Waals surface area contributed by atoms with Crippen molar-refractivity contribution in [1.82, 2.24) is 5.32 Å². The van der Waals surface area contributed by atoms with Gasteiger partial charge in [0.1, 0.15) is 0 Å². The second-order valence-electron chi connectivity index (χ2n) is 6.17. The molecule has 0 bridgehead atoms. The molecule has 1 aliphatic rings. The molecule has 1 amide bonds. The molecule has 4 heteroatoms. The van der Waals surface area contributed by atoms with Gasteiger partial charge < -0.3 is 15.8 Å². The van der Waals surface area contributed by atoms with E-state index < -0.39 is 0 Å². The average molecular weight is 270 g/mol. The fraction of sp³-hybridized carbons (Fsp3) is 0.933. The molecule has 4 nitrogen and oxygen atoms in total.